The van der Waals surface area contributed by atoms with Crippen LogP contribution in [0.15, 0.2) is 61.2 Å². The minimum absolute atomic E-state index is 0.150. The van der Waals surface area contributed by atoms with Gasteiger partial charge in [-0.05, 0) is 48.0 Å². The summed E-state index contributed by atoms with van der Waals surface area (Å²) in [5, 5.41) is 15.5. The molecule has 144 valence electrons. The molecule has 4 rings (SSSR count). The topological polar surface area (TPSA) is 85.6 Å². The van der Waals surface area contributed by atoms with Crippen molar-refractivity contribution in [2.45, 2.75) is 0 Å². The number of hydrogen-bond donors (Lipinski definition) is 1. The van der Waals surface area contributed by atoms with E-state index >= 15 is 0 Å². The van der Waals surface area contributed by atoms with Crippen molar-refractivity contribution in [3.63, 3.8) is 0 Å². The summed E-state index contributed by atoms with van der Waals surface area (Å²) in [7, 11) is 0. The van der Waals surface area contributed by atoms with Gasteiger partial charge in [-0.2, -0.15) is 5.10 Å². The first-order chi connectivity index (χ1) is 14.1. The first-order valence-electron chi connectivity index (χ1n) is 8.31. The lowest BCUT2D eigenvalue weighted by molar-refractivity contribution is 0.102. The van der Waals surface area contributed by atoms with Gasteiger partial charge in [0.15, 0.2) is 5.01 Å². The number of anilines is 1. The van der Waals surface area contributed by atoms with Crippen LogP contribution in [0, 0.1) is 5.82 Å². The lowest BCUT2D eigenvalue weighted by Crippen LogP contribution is -2.11. The van der Waals surface area contributed by atoms with Crippen LogP contribution >= 0.6 is 22.9 Å². The molecular weight excluding hydrogens is 415 g/mol. The Hall–Kier alpha value is -3.43. The highest BCUT2D eigenvalue weighted by molar-refractivity contribution is 7.15. The Morgan fingerprint density at radius 1 is 1.07 bits per heavy atom. The standard InChI is InChI=1S/C19H12ClFN6OS/c20-16(9-12-1-7-15(8-2-12)27-11-22-10-23-27)18-25-26-19(29-18)17(28)24-14-5-3-13(21)4-6-14/h1-11H,(H,24,28)/b16-9-. The molecule has 0 aliphatic heterocycles. The molecule has 0 saturated heterocycles. The summed E-state index contributed by atoms with van der Waals surface area (Å²) in [4.78, 5) is 16.2. The fourth-order valence-corrected chi connectivity index (χ4v) is 3.33. The van der Waals surface area contributed by atoms with Crippen molar-refractivity contribution in [3.8, 4) is 5.69 Å². The molecule has 0 radical (unpaired) electrons. The molecule has 0 bridgehead atoms. The van der Waals surface area contributed by atoms with Crippen LogP contribution in [0.5, 0.6) is 0 Å². The van der Waals surface area contributed by atoms with E-state index in [1.165, 1.54) is 30.6 Å². The molecule has 4 aromatic rings. The summed E-state index contributed by atoms with van der Waals surface area (Å²) in [6, 6.07) is 13.0. The van der Waals surface area contributed by atoms with E-state index in [0.29, 0.717) is 15.7 Å². The maximum Gasteiger partial charge on any atom is 0.286 e. The Morgan fingerprint density at radius 2 is 1.79 bits per heavy atom. The number of hydrogen-bond acceptors (Lipinski definition) is 6. The predicted molar refractivity (Wildman–Crippen MR) is 109 cm³/mol. The first-order valence-corrected chi connectivity index (χ1v) is 9.51. The summed E-state index contributed by atoms with van der Waals surface area (Å²) < 4.78 is 14.6. The summed E-state index contributed by atoms with van der Waals surface area (Å²) in [5.74, 6) is -0.825. The van der Waals surface area contributed by atoms with Gasteiger partial charge < -0.3 is 5.32 Å². The zero-order valence-electron chi connectivity index (χ0n) is 14.7. The number of amides is 1. The monoisotopic (exact) mass is 426 g/mol. The van der Waals surface area contributed by atoms with Gasteiger partial charge in [-0.1, -0.05) is 35.1 Å². The Kier molecular flexibility index (Phi) is 5.41. The van der Waals surface area contributed by atoms with Crippen molar-refractivity contribution in [2.24, 2.45) is 0 Å². The zero-order chi connectivity index (χ0) is 20.2. The molecule has 29 heavy (non-hydrogen) atoms. The first kappa shape index (κ1) is 18.9. The van der Waals surface area contributed by atoms with Crippen LogP contribution in [0.2, 0.25) is 0 Å². The van der Waals surface area contributed by atoms with Gasteiger partial charge in [0.1, 0.15) is 18.5 Å². The summed E-state index contributed by atoms with van der Waals surface area (Å²) >= 11 is 7.40. The number of aromatic nitrogens is 5. The average Bonchev–Trinajstić information content (AvgIpc) is 3.43. The van der Waals surface area contributed by atoms with Crippen molar-refractivity contribution in [1.82, 2.24) is 25.0 Å². The summed E-state index contributed by atoms with van der Waals surface area (Å²) in [5.41, 5.74) is 2.18. The fraction of sp³-hybridized carbons (Fsp3) is 0. The van der Waals surface area contributed by atoms with Crippen LogP contribution in [0.3, 0.4) is 0 Å². The smallest absolute Gasteiger partial charge is 0.286 e. The van der Waals surface area contributed by atoms with Crippen molar-refractivity contribution in [2.75, 3.05) is 5.32 Å². The van der Waals surface area contributed by atoms with E-state index in [4.69, 9.17) is 11.6 Å². The van der Waals surface area contributed by atoms with Gasteiger partial charge in [0.05, 0.1) is 10.7 Å². The molecule has 2 aromatic carbocycles. The number of halogens is 2. The Bertz CT molecular complexity index is 1160. The molecule has 1 amide bonds. The highest BCUT2D eigenvalue weighted by Gasteiger charge is 2.15. The van der Waals surface area contributed by atoms with E-state index in [-0.39, 0.29) is 10.8 Å². The van der Waals surface area contributed by atoms with Crippen LogP contribution in [0.25, 0.3) is 16.8 Å². The molecule has 0 atom stereocenters. The third-order valence-corrected chi connectivity index (χ3v) is 5.15. The van der Waals surface area contributed by atoms with Crippen molar-refractivity contribution in [1.29, 1.82) is 0 Å². The second-order valence-electron chi connectivity index (χ2n) is 5.80. The fourth-order valence-electron chi connectivity index (χ4n) is 2.40. The van der Waals surface area contributed by atoms with Gasteiger partial charge >= 0.3 is 0 Å². The Labute approximate surface area is 173 Å². The van der Waals surface area contributed by atoms with Crippen LogP contribution < -0.4 is 5.32 Å². The van der Waals surface area contributed by atoms with Crippen LogP contribution in [-0.2, 0) is 0 Å². The number of nitrogens with zero attached hydrogens (tertiary/aromatic N) is 5. The average molecular weight is 427 g/mol. The van der Waals surface area contributed by atoms with Crippen molar-refractivity contribution in [3.05, 3.63) is 82.6 Å². The molecule has 2 aromatic heterocycles. The maximum atomic E-state index is 13.0. The van der Waals surface area contributed by atoms with Gasteiger partial charge in [-0.15, -0.1) is 10.2 Å². The van der Waals surface area contributed by atoms with E-state index < -0.39 is 5.91 Å². The lowest BCUT2D eigenvalue weighted by atomic mass is 10.2. The highest BCUT2D eigenvalue weighted by Crippen LogP contribution is 2.26. The van der Waals surface area contributed by atoms with Crippen LogP contribution in [-0.4, -0.2) is 30.9 Å². The number of benzene rings is 2. The largest absolute Gasteiger partial charge is 0.320 e. The van der Waals surface area contributed by atoms with Crippen molar-refractivity contribution < 1.29 is 9.18 Å². The Balaban J connectivity index is 1.46. The molecule has 0 saturated carbocycles. The summed E-state index contributed by atoms with van der Waals surface area (Å²) in [6.07, 6.45) is 4.80. The molecule has 0 fully saturated rings. The molecule has 7 nitrogen and oxygen atoms in total. The third-order valence-electron chi connectivity index (χ3n) is 3.80. The molecular formula is C19H12ClFN6OS. The number of nitrogens with one attached hydrogen (secondary N) is 1. The van der Waals surface area contributed by atoms with Gasteiger partial charge in [0.2, 0.25) is 5.01 Å². The van der Waals surface area contributed by atoms with Gasteiger partial charge in [-0.25, -0.2) is 14.1 Å². The maximum absolute atomic E-state index is 13.0. The predicted octanol–water partition coefficient (Wildman–Crippen LogP) is 4.25. The minimum atomic E-state index is -0.443. The van der Waals surface area contributed by atoms with E-state index in [1.54, 1.807) is 17.1 Å². The molecule has 0 spiro atoms. The molecule has 0 aliphatic rings. The van der Waals surface area contributed by atoms with Gasteiger partial charge in [0, 0.05) is 5.69 Å². The quantitative estimate of drug-likeness (QED) is 0.515. The molecule has 10 heteroatoms. The molecule has 1 N–H and O–H groups in total. The number of carbonyl (C=O) groups excluding carboxylic acids is 1. The zero-order valence-corrected chi connectivity index (χ0v) is 16.2. The van der Waals surface area contributed by atoms with E-state index in [1.807, 2.05) is 24.3 Å². The highest BCUT2D eigenvalue weighted by atomic mass is 35.5. The normalized spacial score (nSPS) is 11.4. The lowest BCUT2D eigenvalue weighted by Gasteiger charge is -2.01. The van der Waals surface area contributed by atoms with E-state index in [0.717, 1.165) is 22.6 Å². The van der Waals surface area contributed by atoms with E-state index in [9.17, 15) is 9.18 Å². The molecule has 0 aliphatic carbocycles. The Morgan fingerprint density at radius 3 is 2.48 bits per heavy atom. The minimum Gasteiger partial charge on any atom is -0.320 e. The summed E-state index contributed by atoms with van der Waals surface area (Å²) in [6.45, 7) is 0. The van der Waals surface area contributed by atoms with Crippen molar-refractivity contribution >= 4 is 45.6 Å². The van der Waals surface area contributed by atoms with Crippen LogP contribution in [0.1, 0.15) is 20.4 Å². The van der Waals surface area contributed by atoms with Crippen LogP contribution in [0.4, 0.5) is 10.1 Å². The second-order valence-corrected chi connectivity index (χ2v) is 7.18. The third kappa shape index (κ3) is 4.53. The number of rotatable bonds is 5. The number of carbonyl (C=O) groups is 1. The molecule has 0 unspecified atom stereocenters. The van der Waals surface area contributed by atoms with Gasteiger partial charge in [0.25, 0.3) is 5.91 Å². The van der Waals surface area contributed by atoms with E-state index in [2.05, 4.69) is 25.6 Å². The SMILES string of the molecule is O=C(Nc1ccc(F)cc1)c1nnc(/C(Cl)=C/c2ccc(-n3cncn3)cc2)s1. The second kappa shape index (κ2) is 8.29. The molecule has 2 heterocycles. The van der Waals surface area contributed by atoms with Gasteiger partial charge in [-0.3, -0.25) is 4.79 Å².